The number of benzene rings is 2. The third-order valence-corrected chi connectivity index (χ3v) is 3.31. The van der Waals surface area contributed by atoms with Crippen molar-refractivity contribution >= 4 is 15.9 Å². The van der Waals surface area contributed by atoms with Crippen LogP contribution in [0.2, 0.25) is 0 Å². The summed E-state index contributed by atoms with van der Waals surface area (Å²) in [6.45, 7) is 0. The fourth-order valence-corrected chi connectivity index (χ4v) is 2.20. The zero-order chi connectivity index (χ0) is 14.0. The summed E-state index contributed by atoms with van der Waals surface area (Å²) >= 11 is 3.17. The minimum atomic E-state index is -0.672. The molecular formula is C14H7BrF3N. The standard InChI is InChI=1S/C14H7BrF3N/c15-13-6-14(18)10(7-19)4-9(13)1-8-2-11(16)5-12(17)3-8/h2-6H,1H2. The largest absolute Gasteiger partial charge is 0.207 e. The first kappa shape index (κ1) is 13.6. The highest BCUT2D eigenvalue weighted by atomic mass is 79.9. The maximum absolute atomic E-state index is 13.3. The molecule has 2 aromatic rings. The van der Waals surface area contributed by atoms with Gasteiger partial charge >= 0.3 is 0 Å². The zero-order valence-electron chi connectivity index (χ0n) is 9.55. The minimum Gasteiger partial charge on any atom is -0.207 e. The summed E-state index contributed by atoms with van der Waals surface area (Å²) in [7, 11) is 0. The van der Waals surface area contributed by atoms with E-state index in [2.05, 4.69) is 15.9 Å². The molecule has 0 spiro atoms. The molecule has 0 heterocycles. The van der Waals surface area contributed by atoms with Crippen LogP contribution in [0.4, 0.5) is 13.2 Å². The number of halogens is 4. The third kappa shape index (κ3) is 3.15. The first-order valence-electron chi connectivity index (χ1n) is 5.32. The van der Waals surface area contributed by atoms with Gasteiger partial charge in [0.1, 0.15) is 23.5 Å². The summed E-state index contributed by atoms with van der Waals surface area (Å²) in [4.78, 5) is 0. The fourth-order valence-electron chi connectivity index (χ4n) is 1.75. The van der Waals surface area contributed by atoms with Gasteiger partial charge in [0.05, 0.1) is 5.56 Å². The molecule has 96 valence electrons. The Morgan fingerprint density at radius 1 is 1.00 bits per heavy atom. The minimum absolute atomic E-state index is 0.102. The van der Waals surface area contributed by atoms with E-state index >= 15 is 0 Å². The lowest BCUT2D eigenvalue weighted by Crippen LogP contribution is -1.95. The molecule has 0 unspecified atom stereocenters. The molecule has 5 heteroatoms. The Morgan fingerprint density at radius 3 is 2.21 bits per heavy atom. The van der Waals surface area contributed by atoms with Crippen molar-refractivity contribution in [1.29, 1.82) is 5.26 Å². The van der Waals surface area contributed by atoms with Crippen molar-refractivity contribution in [2.45, 2.75) is 6.42 Å². The molecule has 0 saturated heterocycles. The molecule has 0 fully saturated rings. The van der Waals surface area contributed by atoms with Gasteiger partial charge < -0.3 is 0 Å². The Hall–Kier alpha value is -1.80. The predicted octanol–water partition coefficient (Wildman–Crippen LogP) is 4.33. The molecule has 0 aromatic heterocycles. The summed E-state index contributed by atoms with van der Waals surface area (Å²) in [5.74, 6) is -1.98. The molecule has 0 bridgehead atoms. The van der Waals surface area contributed by atoms with Gasteiger partial charge in [-0.05, 0) is 41.8 Å². The summed E-state index contributed by atoms with van der Waals surface area (Å²) in [5, 5.41) is 8.76. The van der Waals surface area contributed by atoms with Crippen LogP contribution in [-0.2, 0) is 6.42 Å². The van der Waals surface area contributed by atoms with Crippen LogP contribution in [0.1, 0.15) is 16.7 Å². The Balaban J connectivity index is 2.41. The summed E-state index contributed by atoms with van der Waals surface area (Å²) < 4.78 is 39.9. The van der Waals surface area contributed by atoms with Gasteiger partial charge in [-0.15, -0.1) is 0 Å². The highest BCUT2D eigenvalue weighted by Gasteiger charge is 2.10. The number of hydrogen-bond acceptors (Lipinski definition) is 1. The van der Waals surface area contributed by atoms with E-state index in [0.717, 1.165) is 6.07 Å². The van der Waals surface area contributed by atoms with Crippen LogP contribution in [-0.4, -0.2) is 0 Å². The average molecular weight is 326 g/mol. The van der Waals surface area contributed by atoms with E-state index < -0.39 is 17.5 Å². The van der Waals surface area contributed by atoms with Crippen molar-refractivity contribution in [3.63, 3.8) is 0 Å². The van der Waals surface area contributed by atoms with Gasteiger partial charge in [0.2, 0.25) is 0 Å². The molecule has 0 saturated carbocycles. The van der Waals surface area contributed by atoms with E-state index in [1.54, 1.807) is 6.07 Å². The van der Waals surface area contributed by atoms with E-state index in [9.17, 15) is 13.2 Å². The number of hydrogen-bond donors (Lipinski definition) is 0. The zero-order valence-corrected chi connectivity index (χ0v) is 11.1. The highest BCUT2D eigenvalue weighted by molar-refractivity contribution is 9.10. The molecule has 0 aliphatic rings. The lowest BCUT2D eigenvalue weighted by atomic mass is 10.0. The number of rotatable bonds is 2. The molecular weight excluding hydrogens is 319 g/mol. The second kappa shape index (κ2) is 5.45. The number of nitriles is 1. The van der Waals surface area contributed by atoms with Gasteiger partial charge in [-0.2, -0.15) is 5.26 Å². The topological polar surface area (TPSA) is 23.8 Å². The molecule has 19 heavy (non-hydrogen) atoms. The Kier molecular flexibility index (Phi) is 3.91. The molecule has 0 N–H and O–H groups in total. The van der Waals surface area contributed by atoms with Gasteiger partial charge in [0.25, 0.3) is 0 Å². The quantitative estimate of drug-likeness (QED) is 0.806. The molecule has 0 atom stereocenters. The van der Waals surface area contributed by atoms with Gasteiger partial charge in [0.15, 0.2) is 0 Å². The van der Waals surface area contributed by atoms with Crippen LogP contribution in [0.5, 0.6) is 0 Å². The molecule has 0 radical (unpaired) electrons. The summed E-state index contributed by atoms with van der Waals surface area (Å²) in [6.07, 6.45) is 0.199. The van der Waals surface area contributed by atoms with Crippen molar-refractivity contribution in [3.05, 3.63) is 68.9 Å². The van der Waals surface area contributed by atoms with Crippen molar-refractivity contribution in [2.75, 3.05) is 0 Å². The Morgan fingerprint density at radius 2 is 1.63 bits per heavy atom. The van der Waals surface area contributed by atoms with Gasteiger partial charge in [-0.3, -0.25) is 0 Å². The lowest BCUT2D eigenvalue weighted by Gasteiger charge is -2.07. The monoisotopic (exact) mass is 325 g/mol. The smallest absolute Gasteiger partial charge is 0.142 e. The SMILES string of the molecule is N#Cc1cc(Cc2cc(F)cc(F)c2)c(Br)cc1F. The maximum atomic E-state index is 13.3. The normalized spacial score (nSPS) is 10.3. The van der Waals surface area contributed by atoms with E-state index in [1.807, 2.05) is 0 Å². The van der Waals surface area contributed by atoms with Crippen LogP contribution in [0.25, 0.3) is 0 Å². The molecule has 1 nitrogen and oxygen atoms in total. The van der Waals surface area contributed by atoms with Crippen LogP contribution >= 0.6 is 15.9 Å². The molecule has 0 aliphatic carbocycles. The Bertz CT molecular complexity index is 657. The fraction of sp³-hybridized carbons (Fsp3) is 0.0714. The molecule has 2 aromatic carbocycles. The summed E-state index contributed by atoms with van der Waals surface area (Å²) in [5.41, 5.74) is 0.895. The van der Waals surface area contributed by atoms with Gasteiger partial charge in [-0.1, -0.05) is 15.9 Å². The van der Waals surface area contributed by atoms with E-state index in [0.29, 0.717) is 15.6 Å². The van der Waals surface area contributed by atoms with Gasteiger partial charge in [0, 0.05) is 10.5 Å². The second-order valence-electron chi connectivity index (χ2n) is 3.99. The van der Waals surface area contributed by atoms with Crippen molar-refractivity contribution < 1.29 is 13.2 Å². The predicted molar refractivity (Wildman–Crippen MR) is 68.0 cm³/mol. The lowest BCUT2D eigenvalue weighted by molar-refractivity contribution is 0.580. The average Bonchev–Trinajstić information content (AvgIpc) is 2.31. The third-order valence-electron chi connectivity index (χ3n) is 2.57. The number of nitrogens with zero attached hydrogens (tertiary/aromatic N) is 1. The van der Waals surface area contributed by atoms with Crippen LogP contribution < -0.4 is 0 Å². The van der Waals surface area contributed by atoms with Crippen molar-refractivity contribution in [1.82, 2.24) is 0 Å². The van der Waals surface area contributed by atoms with E-state index in [4.69, 9.17) is 5.26 Å². The van der Waals surface area contributed by atoms with E-state index in [-0.39, 0.29) is 12.0 Å². The molecule has 2 rings (SSSR count). The van der Waals surface area contributed by atoms with Crippen molar-refractivity contribution in [2.24, 2.45) is 0 Å². The first-order valence-corrected chi connectivity index (χ1v) is 6.12. The van der Waals surface area contributed by atoms with Gasteiger partial charge in [-0.25, -0.2) is 13.2 Å². The van der Waals surface area contributed by atoms with E-state index in [1.165, 1.54) is 24.3 Å². The summed E-state index contributed by atoms with van der Waals surface area (Å²) in [6, 6.07) is 7.44. The second-order valence-corrected chi connectivity index (χ2v) is 4.84. The van der Waals surface area contributed by atoms with Crippen LogP contribution in [0.3, 0.4) is 0 Å². The molecule has 0 amide bonds. The maximum Gasteiger partial charge on any atom is 0.142 e. The van der Waals surface area contributed by atoms with Crippen molar-refractivity contribution in [3.8, 4) is 6.07 Å². The Labute approximate surface area is 116 Å². The molecule has 0 aliphatic heterocycles. The first-order chi connectivity index (χ1) is 8.99. The van der Waals surface area contributed by atoms with Crippen LogP contribution in [0, 0.1) is 28.8 Å². The van der Waals surface area contributed by atoms with Crippen LogP contribution in [0.15, 0.2) is 34.8 Å². The highest BCUT2D eigenvalue weighted by Crippen LogP contribution is 2.24.